The van der Waals surface area contributed by atoms with E-state index in [1.807, 2.05) is 0 Å². The molecule has 18 heavy (non-hydrogen) atoms. The molecule has 0 heterocycles. The highest BCUT2D eigenvalue weighted by molar-refractivity contribution is 5.98. The van der Waals surface area contributed by atoms with E-state index >= 15 is 0 Å². The molecular weight excluding hydrogens is 228 g/mol. The Labute approximate surface area is 108 Å². The van der Waals surface area contributed by atoms with Crippen molar-refractivity contribution < 1.29 is 9.53 Å². The molecule has 1 amide bonds. The standard InChI is InChI=1S/C14H20N2O2/c1-14(7-3-4-8-14)16-13(17)11-9-10(15)5-6-12(11)18-2/h5-6,9H,3-4,7-8,15H2,1-2H3,(H,16,17). The van der Waals surface area contributed by atoms with Crippen molar-refractivity contribution in [1.29, 1.82) is 0 Å². The second-order valence-electron chi connectivity index (χ2n) is 5.18. The van der Waals surface area contributed by atoms with E-state index in [1.54, 1.807) is 25.3 Å². The number of hydrogen-bond donors (Lipinski definition) is 2. The number of methoxy groups -OCH3 is 1. The number of rotatable bonds is 3. The van der Waals surface area contributed by atoms with E-state index in [9.17, 15) is 4.79 Å². The number of benzene rings is 1. The third-order valence-corrected chi connectivity index (χ3v) is 3.59. The number of nitrogens with one attached hydrogen (secondary N) is 1. The van der Waals surface area contributed by atoms with E-state index in [4.69, 9.17) is 10.5 Å². The summed E-state index contributed by atoms with van der Waals surface area (Å²) in [6.45, 7) is 2.09. The van der Waals surface area contributed by atoms with Gasteiger partial charge in [0.25, 0.3) is 5.91 Å². The number of amides is 1. The SMILES string of the molecule is COc1ccc(N)cc1C(=O)NC1(C)CCCC1. The zero-order valence-electron chi connectivity index (χ0n) is 11.0. The normalized spacial score (nSPS) is 17.4. The number of hydrogen-bond acceptors (Lipinski definition) is 3. The van der Waals surface area contributed by atoms with Crippen LogP contribution in [0.5, 0.6) is 5.75 Å². The summed E-state index contributed by atoms with van der Waals surface area (Å²) in [4.78, 5) is 12.3. The first kappa shape index (κ1) is 12.7. The number of ether oxygens (including phenoxy) is 1. The van der Waals surface area contributed by atoms with Crippen LogP contribution in [0.2, 0.25) is 0 Å². The van der Waals surface area contributed by atoms with Crippen LogP contribution in [0.1, 0.15) is 43.0 Å². The molecule has 1 aromatic rings. The maximum absolute atomic E-state index is 12.3. The predicted molar refractivity (Wildman–Crippen MR) is 71.7 cm³/mol. The lowest BCUT2D eigenvalue weighted by Gasteiger charge is -2.25. The molecular formula is C14H20N2O2. The molecule has 0 aliphatic heterocycles. The lowest BCUT2D eigenvalue weighted by Crippen LogP contribution is -2.43. The highest BCUT2D eigenvalue weighted by atomic mass is 16.5. The first-order chi connectivity index (χ1) is 8.54. The Bertz CT molecular complexity index is 451. The Morgan fingerprint density at radius 2 is 2.06 bits per heavy atom. The van der Waals surface area contributed by atoms with Crippen molar-refractivity contribution in [3.8, 4) is 5.75 Å². The van der Waals surface area contributed by atoms with E-state index in [0.29, 0.717) is 17.0 Å². The van der Waals surface area contributed by atoms with Gasteiger partial charge in [-0.1, -0.05) is 12.8 Å². The third kappa shape index (κ3) is 2.58. The lowest BCUT2D eigenvalue weighted by atomic mass is 10.00. The topological polar surface area (TPSA) is 64.3 Å². The smallest absolute Gasteiger partial charge is 0.255 e. The summed E-state index contributed by atoms with van der Waals surface area (Å²) in [5.74, 6) is 0.451. The maximum atomic E-state index is 12.3. The molecule has 4 heteroatoms. The lowest BCUT2D eigenvalue weighted by molar-refractivity contribution is 0.0905. The van der Waals surface area contributed by atoms with Crippen molar-refractivity contribution in [3.05, 3.63) is 23.8 Å². The molecule has 4 nitrogen and oxygen atoms in total. The number of nitrogen functional groups attached to an aromatic ring is 1. The van der Waals surface area contributed by atoms with Crippen molar-refractivity contribution in [2.24, 2.45) is 0 Å². The zero-order chi connectivity index (χ0) is 13.2. The Morgan fingerprint density at radius 3 is 2.67 bits per heavy atom. The highest BCUT2D eigenvalue weighted by Gasteiger charge is 2.31. The Kier molecular flexibility index (Phi) is 3.45. The minimum absolute atomic E-state index is 0.0906. The average molecular weight is 248 g/mol. The van der Waals surface area contributed by atoms with Gasteiger partial charge in [-0.3, -0.25) is 4.79 Å². The van der Waals surface area contributed by atoms with Gasteiger partial charge in [0.1, 0.15) is 5.75 Å². The van der Waals surface area contributed by atoms with Crippen molar-refractivity contribution in [2.75, 3.05) is 12.8 Å². The molecule has 1 aliphatic carbocycles. The van der Waals surface area contributed by atoms with E-state index in [1.165, 1.54) is 12.8 Å². The zero-order valence-corrected chi connectivity index (χ0v) is 11.0. The number of carbonyl (C=O) groups excluding carboxylic acids is 1. The number of carbonyl (C=O) groups is 1. The minimum Gasteiger partial charge on any atom is -0.496 e. The fourth-order valence-electron chi connectivity index (χ4n) is 2.52. The maximum Gasteiger partial charge on any atom is 0.255 e. The third-order valence-electron chi connectivity index (χ3n) is 3.59. The van der Waals surface area contributed by atoms with Gasteiger partial charge in [-0.2, -0.15) is 0 Å². The summed E-state index contributed by atoms with van der Waals surface area (Å²) in [7, 11) is 1.56. The van der Waals surface area contributed by atoms with Gasteiger partial charge in [0.2, 0.25) is 0 Å². The molecule has 1 aliphatic rings. The van der Waals surface area contributed by atoms with E-state index in [2.05, 4.69) is 12.2 Å². The second-order valence-corrected chi connectivity index (χ2v) is 5.18. The molecule has 0 bridgehead atoms. The molecule has 0 aromatic heterocycles. The van der Waals surface area contributed by atoms with E-state index in [-0.39, 0.29) is 11.4 Å². The quantitative estimate of drug-likeness (QED) is 0.807. The van der Waals surface area contributed by atoms with Crippen molar-refractivity contribution in [2.45, 2.75) is 38.1 Å². The van der Waals surface area contributed by atoms with Crippen LogP contribution in [-0.2, 0) is 0 Å². The molecule has 1 fully saturated rings. The summed E-state index contributed by atoms with van der Waals surface area (Å²) in [5.41, 5.74) is 6.71. The van der Waals surface area contributed by atoms with Gasteiger partial charge in [0, 0.05) is 11.2 Å². The summed E-state index contributed by atoms with van der Waals surface area (Å²) in [5, 5.41) is 3.10. The predicted octanol–water partition coefficient (Wildman–Crippen LogP) is 2.34. The molecule has 3 N–H and O–H groups in total. The molecule has 0 saturated heterocycles. The van der Waals surface area contributed by atoms with Crippen LogP contribution in [0, 0.1) is 0 Å². The monoisotopic (exact) mass is 248 g/mol. The second kappa shape index (κ2) is 4.88. The molecule has 1 aromatic carbocycles. The molecule has 0 spiro atoms. The first-order valence-electron chi connectivity index (χ1n) is 6.30. The summed E-state index contributed by atoms with van der Waals surface area (Å²) in [6.07, 6.45) is 4.41. The molecule has 0 unspecified atom stereocenters. The van der Waals surface area contributed by atoms with E-state index in [0.717, 1.165) is 12.8 Å². The van der Waals surface area contributed by atoms with Crippen molar-refractivity contribution in [1.82, 2.24) is 5.32 Å². The van der Waals surface area contributed by atoms with Gasteiger partial charge in [-0.25, -0.2) is 0 Å². The summed E-state index contributed by atoms with van der Waals surface area (Å²) < 4.78 is 5.20. The Hall–Kier alpha value is -1.71. The highest BCUT2D eigenvalue weighted by Crippen LogP contribution is 2.30. The van der Waals surface area contributed by atoms with Gasteiger partial charge >= 0.3 is 0 Å². The van der Waals surface area contributed by atoms with Crippen LogP contribution in [0.15, 0.2) is 18.2 Å². The molecule has 0 radical (unpaired) electrons. The largest absolute Gasteiger partial charge is 0.496 e. The number of anilines is 1. The Balaban J connectivity index is 2.20. The Morgan fingerprint density at radius 1 is 1.39 bits per heavy atom. The van der Waals surface area contributed by atoms with Gasteiger partial charge in [-0.15, -0.1) is 0 Å². The summed E-state index contributed by atoms with van der Waals surface area (Å²) >= 11 is 0. The molecule has 2 rings (SSSR count). The molecule has 98 valence electrons. The fourth-order valence-corrected chi connectivity index (χ4v) is 2.52. The van der Waals surface area contributed by atoms with Crippen LogP contribution < -0.4 is 15.8 Å². The van der Waals surface area contributed by atoms with Crippen molar-refractivity contribution >= 4 is 11.6 Å². The van der Waals surface area contributed by atoms with Crippen LogP contribution in [-0.4, -0.2) is 18.6 Å². The van der Waals surface area contributed by atoms with Crippen LogP contribution >= 0.6 is 0 Å². The van der Waals surface area contributed by atoms with Crippen LogP contribution in [0.25, 0.3) is 0 Å². The fraction of sp³-hybridized carbons (Fsp3) is 0.500. The van der Waals surface area contributed by atoms with Crippen LogP contribution in [0.4, 0.5) is 5.69 Å². The van der Waals surface area contributed by atoms with Gasteiger partial charge in [-0.05, 0) is 38.0 Å². The summed E-state index contributed by atoms with van der Waals surface area (Å²) in [6, 6.07) is 5.11. The van der Waals surface area contributed by atoms with Crippen LogP contribution in [0.3, 0.4) is 0 Å². The van der Waals surface area contributed by atoms with Gasteiger partial charge in [0.15, 0.2) is 0 Å². The molecule has 1 saturated carbocycles. The minimum atomic E-state index is -0.108. The van der Waals surface area contributed by atoms with Crippen molar-refractivity contribution in [3.63, 3.8) is 0 Å². The first-order valence-corrected chi connectivity index (χ1v) is 6.30. The molecule has 0 atom stereocenters. The van der Waals surface area contributed by atoms with Gasteiger partial charge < -0.3 is 15.8 Å². The van der Waals surface area contributed by atoms with Gasteiger partial charge in [0.05, 0.1) is 12.7 Å². The van der Waals surface area contributed by atoms with E-state index < -0.39 is 0 Å². The number of nitrogens with two attached hydrogens (primary N) is 1. The average Bonchev–Trinajstić information content (AvgIpc) is 2.75.